The molecular weight excluding hydrogens is 523 g/mol. The van der Waals surface area contributed by atoms with Crippen molar-refractivity contribution in [3.05, 3.63) is 59.1 Å². The molecule has 0 saturated carbocycles. The highest BCUT2D eigenvalue weighted by Gasteiger charge is 2.41. The summed E-state index contributed by atoms with van der Waals surface area (Å²) >= 11 is 5.99. The zero-order chi connectivity index (χ0) is 27.3. The van der Waals surface area contributed by atoms with Crippen molar-refractivity contribution < 1.29 is 32.2 Å². The molecule has 2 aliphatic heterocycles. The number of carbonyl (C=O) groups is 2. The van der Waals surface area contributed by atoms with E-state index in [2.05, 4.69) is 9.64 Å². The highest BCUT2D eigenvalue weighted by molar-refractivity contribution is 6.30. The summed E-state index contributed by atoms with van der Waals surface area (Å²) in [6.07, 6.45) is -3.21. The maximum absolute atomic E-state index is 13.4. The van der Waals surface area contributed by atoms with Crippen molar-refractivity contribution >= 4 is 23.4 Å². The van der Waals surface area contributed by atoms with Crippen molar-refractivity contribution in [3.63, 3.8) is 0 Å². The third-order valence-corrected chi connectivity index (χ3v) is 7.28. The number of hydrogen-bond acceptors (Lipinski definition) is 5. The van der Waals surface area contributed by atoms with E-state index in [0.717, 1.165) is 25.2 Å². The van der Waals surface area contributed by atoms with Gasteiger partial charge in [0.25, 0.3) is 5.91 Å². The quantitative estimate of drug-likeness (QED) is 0.497. The van der Waals surface area contributed by atoms with E-state index in [1.807, 2.05) is 11.9 Å². The van der Waals surface area contributed by atoms with Gasteiger partial charge in [-0.3, -0.25) is 9.59 Å². The molecule has 38 heavy (non-hydrogen) atoms. The van der Waals surface area contributed by atoms with Gasteiger partial charge in [-0.25, -0.2) is 0 Å². The first-order chi connectivity index (χ1) is 18.0. The molecule has 2 amide bonds. The summed E-state index contributed by atoms with van der Waals surface area (Å²) in [5, 5.41) is 0.582. The minimum atomic E-state index is -4.81. The molecule has 1 unspecified atom stereocenters. The molecule has 0 bridgehead atoms. The monoisotopic (exact) mass is 553 g/mol. The fraction of sp³-hybridized carbons (Fsp3) is 0.481. The summed E-state index contributed by atoms with van der Waals surface area (Å²) in [5.41, 5.74) is -0.368. The summed E-state index contributed by atoms with van der Waals surface area (Å²) in [5.74, 6) is -0.0624. The van der Waals surface area contributed by atoms with Gasteiger partial charge < -0.3 is 24.2 Å². The lowest BCUT2D eigenvalue weighted by Gasteiger charge is -2.43. The number of nitrogens with zero attached hydrogens (tertiary/aromatic N) is 3. The molecule has 0 aliphatic carbocycles. The van der Waals surface area contributed by atoms with Crippen molar-refractivity contribution in [2.24, 2.45) is 5.41 Å². The molecular formula is C27H31ClF3N3O4. The molecule has 206 valence electrons. The zero-order valence-corrected chi connectivity index (χ0v) is 21.9. The van der Waals surface area contributed by atoms with Crippen molar-refractivity contribution in [1.82, 2.24) is 14.7 Å². The van der Waals surface area contributed by atoms with Gasteiger partial charge >= 0.3 is 6.36 Å². The second-order valence-corrected chi connectivity index (χ2v) is 10.4. The summed E-state index contributed by atoms with van der Waals surface area (Å²) in [7, 11) is 2.02. The Morgan fingerprint density at radius 2 is 1.55 bits per heavy atom. The number of likely N-dealkylation sites (N-methyl/N-ethyl adjacent to an activating group) is 1. The maximum Gasteiger partial charge on any atom is 0.573 e. The van der Waals surface area contributed by atoms with E-state index in [4.69, 9.17) is 16.3 Å². The normalized spacial score (nSPS) is 20.8. The number of halogens is 4. The lowest BCUT2D eigenvalue weighted by molar-refractivity contribution is -0.274. The molecule has 2 aromatic rings. The number of alkyl halides is 3. The van der Waals surface area contributed by atoms with Gasteiger partial charge in [0.05, 0.1) is 6.61 Å². The van der Waals surface area contributed by atoms with Crippen molar-refractivity contribution in [2.45, 2.75) is 25.6 Å². The van der Waals surface area contributed by atoms with E-state index < -0.39 is 17.5 Å². The Kier molecular flexibility index (Phi) is 8.72. The molecule has 2 aliphatic rings. The van der Waals surface area contributed by atoms with Crippen LogP contribution in [0.4, 0.5) is 13.2 Å². The smallest absolute Gasteiger partial charge is 0.493 e. The number of amides is 2. The molecule has 2 fully saturated rings. The molecule has 2 heterocycles. The van der Waals surface area contributed by atoms with Crippen LogP contribution in [0.1, 0.15) is 29.6 Å². The molecule has 1 atom stereocenters. The third kappa shape index (κ3) is 7.54. The highest BCUT2D eigenvalue weighted by Crippen LogP contribution is 2.36. The minimum Gasteiger partial charge on any atom is -0.493 e. The molecule has 0 spiro atoms. The molecule has 0 N–H and O–H groups in total. The van der Waals surface area contributed by atoms with Gasteiger partial charge in [-0.05, 0) is 68.4 Å². The number of benzene rings is 2. The van der Waals surface area contributed by atoms with E-state index in [1.54, 1.807) is 29.2 Å². The van der Waals surface area contributed by atoms with Gasteiger partial charge in [0, 0.05) is 61.7 Å². The number of ether oxygens (including phenoxy) is 2. The summed E-state index contributed by atoms with van der Waals surface area (Å²) in [6.45, 7) is 3.91. The zero-order valence-electron chi connectivity index (χ0n) is 21.2. The fourth-order valence-corrected chi connectivity index (χ4v) is 5.06. The van der Waals surface area contributed by atoms with Gasteiger partial charge in [0.2, 0.25) is 5.91 Å². The Morgan fingerprint density at radius 1 is 0.921 bits per heavy atom. The largest absolute Gasteiger partial charge is 0.573 e. The molecule has 7 nitrogen and oxygen atoms in total. The van der Waals surface area contributed by atoms with Gasteiger partial charge in [-0.2, -0.15) is 0 Å². The Hall–Kier alpha value is -2.98. The van der Waals surface area contributed by atoms with Crippen molar-refractivity contribution in [3.8, 4) is 11.5 Å². The number of carbonyl (C=O) groups excluding carboxylic acids is 2. The van der Waals surface area contributed by atoms with E-state index in [1.165, 1.54) is 12.1 Å². The van der Waals surface area contributed by atoms with E-state index in [9.17, 15) is 22.8 Å². The topological polar surface area (TPSA) is 62.3 Å². The van der Waals surface area contributed by atoms with Crippen LogP contribution in [0.25, 0.3) is 0 Å². The first-order valence-corrected chi connectivity index (χ1v) is 12.9. The molecule has 11 heteroatoms. The first kappa shape index (κ1) is 28.0. The van der Waals surface area contributed by atoms with E-state index in [-0.39, 0.29) is 30.4 Å². The van der Waals surface area contributed by atoms with Gasteiger partial charge in [0.1, 0.15) is 11.5 Å². The predicted octanol–water partition coefficient (Wildman–Crippen LogP) is 4.70. The number of piperidine rings is 1. The second kappa shape index (κ2) is 11.8. The molecule has 2 aromatic carbocycles. The van der Waals surface area contributed by atoms with Gasteiger partial charge in [0.15, 0.2) is 0 Å². The van der Waals surface area contributed by atoms with Crippen LogP contribution in [-0.4, -0.2) is 85.8 Å². The predicted molar refractivity (Wildman–Crippen MR) is 136 cm³/mol. The second-order valence-electron chi connectivity index (χ2n) is 10.0. The van der Waals surface area contributed by atoms with Crippen LogP contribution in [-0.2, 0) is 4.79 Å². The van der Waals surface area contributed by atoms with Crippen LogP contribution in [0.5, 0.6) is 11.5 Å². The Labute approximate surface area is 225 Å². The maximum atomic E-state index is 13.4. The standard InChI is InChI=1S/C27H31ClF3N3O4/c1-32-13-15-33(16-14-32)24(35)17-26(19-37-22-9-5-21(28)6-10-22)11-2-12-34(18-26)25(36)20-3-7-23(8-4-20)38-27(29,30)31/h3-10H,2,11-19H2,1H3. The lowest BCUT2D eigenvalue weighted by Crippen LogP contribution is -2.53. The van der Waals surface area contributed by atoms with Crippen LogP contribution in [0.15, 0.2) is 48.5 Å². The Balaban J connectivity index is 1.50. The highest BCUT2D eigenvalue weighted by atomic mass is 35.5. The number of piperazine rings is 1. The van der Waals surface area contributed by atoms with Gasteiger partial charge in [-0.1, -0.05) is 11.6 Å². The SMILES string of the molecule is CN1CCN(C(=O)CC2(COc3ccc(Cl)cc3)CCCN(C(=O)c3ccc(OC(F)(F)F)cc3)C2)CC1. The lowest BCUT2D eigenvalue weighted by atomic mass is 9.77. The Bertz CT molecular complexity index is 1110. The van der Waals surface area contributed by atoms with Crippen LogP contribution >= 0.6 is 11.6 Å². The summed E-state index contributed by atoms with van der Waals surface area (Å²) in [6, 6.07) is 11.8. The Morgan fingerprint density at radius 3 is 2.18 bits per heavy atom. The summed E-state index contributed by atoms with van der Waals surface area (Å²) < 4.78 is 47.5. The first-order valence-electron chi connectivity index (χ1n) is 12.5. The van der Waals surface area contributed by atoms with Crippen LogP contribution < -0.4 is 9.47 Å². The van der Waals surface area contributed by atoms with Crippen LogP contribution in [0.3, 0.4) is 0 Å². The van der Waals surface area contributed by atoms with E-state index in [0.29, 0.717) is 49.8 Å². The number of rotatable bonds is 7. The minimum absolute atomic E-state index is 0.0285. The number of hydrogen-bond donors (Lipinski definition) is 0. The summed E-state index contributed by atoms with van der Waals surface area (Å²) in [4.78, 5) is 32.4. The molecule has 0 aromatic heterocycles. The molecule has 4 rings (SSSR count). The average molecular weight is 554 g/mol. The van der Waals surface area contributed by atoms with Gasteiger partial charge in [-0.15, -0.1) is 13.2 Å². The average Bonchev–Trinajstić information content (AvgIpc) is 2.88. The molecule has 0 radical (unpaired) electrons. The molecule has 2 saturated heterocycles. The van der Waals surface area contributed by atoms with Crippen molar-refractivity contribution in [1.29, 1.82) is 0 Å². The number of likely N-dealkylation sites (tertiary alicyclic amines) is 1. The third-order valence-electron chi connectivity index (χ3n) is 7.02. The van der Waals surface area contributed by atoms with Crippen molar-refractivity contribution in [2.75, 3.05) is 52.9 Å². The van der Waals surface area contributed by atoms with E-state index >= 15 is 0 Å². The van der Waals surface area contributed by atoms with Crippen LogP contribution in [0.2, 0.25) is 5.02 Å². The fourth-order valence-electron chi connectivity index (χ4n) is 4.93. The van der Waals surface area contributed by atoms with Crippen LogP contribution in [0, 0.1) is 5.41 Å².